The standard InChI is InChI=1S/C25H30N4O3/c1-4-18-6-10-21(11-7-18)29(5-2)24(30)20-14-16-28(17-15-20)25-26-23(27-32-25)19-8-12-22(31-3)13-9-19/h6-13,20H,4-5,14-17H2,1-3H3. The van der Waals surface area contributed by atoms with Gasteiger partial charge in [0.15, 0.2) is 0 Å². The van der Waals surface area contributed by atoms with E-state index >= 15 is 0 Å². The van der Waals surface area contributed by atoms with Crippen molar-refractivity contribution in [3.05, 3.63) is 54.1 Å². The van der Waals surface area contributed by atoms with Crippen LogP contribution in [-0.2, 0) is 11.2 Å². The topological polar surface area (TPSA) is 71.7 Å². The molecule has 1 amide bonds. The molecule has 32 heavy (non-hydrogen) atoms. The molecule has 2 heterocycles. The summed E-state index contributed by atoms with van der Waals surface area (Å²) in [5.74, 6) is 1.53. The van der Waals surface area contributed by atoms with E-state index in [1.807, 2.05) is 36.1 Å². The molecule has 0 radical (unpaired) electrons. The van der Waals surface area contributed by atoms with Gasteiger partial charge in [-0.2, -0.15) is 4.98 Å². The Kier molecular flexibility index (Phi) is 6.73. The third kappa shape index (κ3) is 4.61. The molecule has 0 bridgehead atoms. The number of hydrogen-bond acceptors (Lipinski definition) is 6. The van der Waals surface area contributed by atoms with E-state index in [1.54, 1.807) is 7.11 Å². The first kappa shape index (κ1) is 21.9. The van der Waals surface area contributed by atoms with Crippen LogP contribution in [0.15, 0.2) is 53.1 Å². The average molecular weight is 435 g/mol. The Morgan fingerprint density at radius 3 is 2.38 bits per heavy atom. The Hall–Kier alpha value is -3.35. The second-order valence-corrected chi connectivity index (χ2v) is 7.99. The predicted molar refractivity (Wildman–Crippen MR) is 125 cm³/mol. The molecule has 7 heteroatoms. The number of aromatic nitrogens is 2. The van der Waals surface area contributed by atoms with Crippen molar-refractivity contribution in [1.29, 1.82) is 0 Å². The van der Waals surface area contributed by atoms with Gasteiger partial charge in [0.05, 0.1) is 7.11 Å². The molecule has 1 aliphatic rings. The fourth-order valence-electron chi connectivity index (χ4n) is 4.12. The Bertz CT molecular complexity index is 1020. The van der Waals surface area contributed by atoms with Crippen LogP contribution in [0.3, 0.4) is 0 Å². The van der Waals surface area contributed by atoms with Gasteiger partial charge in [-0.1, -0.05) is 24.2 Å². The van der Waals surface area contributed by atoms with E-state index < -0.39 is 0 Å². The fourth-order valence-corrected chi connectivity index (χ4v) is 4.12. The first-order valence-electron chi connectivity index (χ1n) is 11.3. The summed E-state index contributed by atoms with van der Waals surface area (Å²) < 4.78 is 10.7. The maximum absolute atomic E-state index is 13.2. The van der Waals surface area contributed by atoms with Crippen LogP contribution < -0.4 is 14.5 Å². The highest BCUT2D eigenvalue weighted by atomic mass is 16.5. The molecular formula is C25H30N4O3. The van der Waals surface area contributed by atoms with Crippen molar-refractivity contribution in [2.24, 2.45) is 5.92 Å². The zero-order valence-electron chi connectivity index (χ0n) is 19.0. The van der Waals surface area contributed by atoms with Gasteiger partial charge in [0.25, 0.3) is 0 Å². The van der Waals surface area contributed by atoms with Crippen molar-refractivity contribution in [3.63, 3.8) is 0 Å². The fraction of sp³-hybridized carbons (Fsp3) is 0.400. The van der Waals surface area contributed by atoms with E-state index in [0.29, 0.717) is 31.5 Å². The zero-order chi connectivity index (χ0) is 22.5. The lowest BCUT2D eigenvalue weighted by atomic mass is 9.95. The van der Waals surface area contributed by atoms with E-state index in [4.69, 9.17) is 9.26 Å². The van der Waals surface area contributed by atoms with Crippen molar-refractivity contribution in [3.8, 4) is 17.1 Å². The van der Waals surface area contributed by atoms with E-state index in [-0.39, 0.29) is 11.8 Å². The second-order valence-electron chi connectivity index (χ2n) is 7.99. The highest BCUT2D eigenvalue weighted by molar-refractivity contribution is 5.95. The summed E-state index contributed by atoms with van der Waals surface area (Å²) >= 11 is 0. The van der Waals surface area contributed by atoms with Gasteiger partial charge in [0, 0.05) is 36.8 Å². The Morgan fingerprint density at radius 2 is 1.78 bits per heavy atom. The molecule has 2 aromatic carbocycles. The number of carbonyl (C=O) groups excluding carboxylic acids is 1. The number of aryl methyl sites for hydroxylation is 1. The summed E-state index contributed by atoms with van der Waals surface area (Å²) in [6.07, 6.45) is 2.53. The molecule has 0 aliphatic carbocycles. The second kappa shape index (κ2) is 9.85. The first-order valence-corrected chi connectivity index (χ1v) is 11.3. The van der Waals surface area contributed by atoms with Crippen molar-refractivity contribution in [2.45, 2.75) is 33.1 Å². The number of rotatable bonds is 7. The van der Waals surface area contributed by atoms with Crippen LogP contribution in [0.25, 0.3) is 11.4 Å². The summed E-state index contributed by atoms with van der Waals surface area (Å²) in [5, 5.41) is 4.12. The van der Waals surface area contributed by atoms with E-state index in [2.05, 4.69) is 46.2 Å². The normalized spacial score (nSPS) is 14.4. The highest BCUT2D eigenvalue weighted by Gasteiger charge is 2.30. The summed E-state index contributed by atoms with van der Waals surface area (Å²) in [6, 6.07) is 16.4. The molecule has 4 rings (SSSR count). The molecule has 1 aliphatic heterocycles. The van der Waals surface area contributed by atoms with Crippen molar-refractivity contribution < 1.29 is 14.1 Å². The molecule has 7 nitrogen and oxygen atoms in total. The lowest BCUT2D eigenvalue weighted by Gasteiger charge is -2.33. The monoisotopic (exact) mass is 434 g/mol. The predicted octanol–water partition coefficient (Wildman–Crippen LogP) is 4.58. The number of carbonyl (C=O) groups is 1. The van der Waals surface area contributed by atoms with Crippen LogP contribution in [0.2, 0.25) is 0 Å². The van der Waals surface area contributed by atoms with Gasteiger partial charge in [0.1, 0.15) is 5.75 Å². The number of nitrogens with zero attached hydrogens (tertiary/aromatic N) is 4. The molecule has 0 unspecified atom stereocenters. The summed E-state index contributed by atoms with van der Waals surface area (Å²) in [6.45, 7) is 6.26. The molecule has 0 spiro atoms. The Labute approximate surface area is 189 Å². The Balaban J connectivity index is 1.38. The molecule has 1 aromatic heterocycles. The zero-order valence-corrected chi connectivity index (χ0v) is 19.0. The van der Waals surface area contributed by atoms with E-state index in [9.17, 15) is 4.79 Å². The quantitative estimate of drug-likeness (QED) is 0.542. The van der Waals surface area contributed by atoms with E-state index in [0.717, 1.165) is 36.3 Å². The molecule has 168 valence electrons. The molecule has 0 N–H and O–H groups in total. The lowest BCUT2D eigenvalue weighted by molar-refractivity contribution is -0.122. The number of anilines is 2. The number of amides is 1. The van der Waals surface area contributed by atoms with Gasteiger partial charge in [-0.3, -0.25) is 4.79 Å². The van der Waals surface area contributed by atoms with Crippen LogP contribution in [0.1, 0.15) is 32.3 Å². The minimum atomic E-state index is 0.000955. The van der Waals surface area contributed by atoms with Crippen LogP contribution in [0.4, 0.5) is 11.7 Å². The molecular weight excluding hydrogens is 404 g/mol. The summed E-state index contributed by atoms with van der Waals surface area (Å²) in [4.78, 5) is 21.7. The first-order chi connectivity index (χ1) is 15.6. The molecule has 0 saturated carbocycles. The van der Waals surface area contributed by atoms with Crippen LogP contribution in [0, 0.1) is 5.92 Å². The maximum atomic E-state index is 13.2. The summed E-state index contributed by atoms with van der Waals surface area (Å²) in [5.41, 5.74) is 3.12. The van der Waals surface area contributed by atoms with Gasteiger partial charge in [-0.15, -0.1) is 0 Å². The van der Waals surface area contributed by atoms with Crippen molar-refractivity contribution >= 4 is 17.6 Å². The molecule has 1 saturated heterocycles. The van der Waals surface area contributed by atoms with E-state index in [1.165, 1.54) is 5.56 Å². The number of ether oxygens (including phenoxy) is 1. The third-order valence-electron chi connectivity index (χ3n) is 6.12. The average Bonchev–Trinajstić information content (AvgIpc) is 3.35. The molecule has 3 aromatic rings. The van der Waals surface area contributed by atoms with Crippen LogP contribution in [-0.4, -0.2) is 42.8 Å². The van der Waals surface area contributed by atoms with Gasteiger partial charge in [-0.05, 0) is 68.1 Å². The van der Waals surface area contributed by atoms with Gasteiger partial charge >= 0.3 is 6.01 Å². The van der Waals surface area contributed by atoms with Crippen molar-refractivity contribution in [1.82, 2.24) is 10.1 Å². The minimum Gasteiger partial charge on any atom is -0.497 e. The third-order valence-corrected chi connectivity index (χ3v) is 6.12. The van der Waals surface area contributed by atoms with Crippen molar-refractivity contribution in [2.75, 3.05) is 36.5 Å². The number of hydrogen-bond donors (Lipinski definition) is 0. The highest BCUT2D eigenvalue weighted by Crippen LogP contribution is 2.28. The van der Waals surface area contributed by atoms with Crippen LogP contribution >= 0.6 is 0 Å². The maximum Gasteiger partial charge on any atom is 0.324 e. The lowest BCUT2D eigenvalue weighted by Crippen LogP contribution is -2.42. The molecule has 0 atom stereocenters. The smallest absolute Gasteiger partial charge is 0.324 e. The SMILES string of the molecule is CCc1ccc(N(CC)C(=O)C2CCN(c3nc(-c4ccc(OC)cc4)no3)CC2)cc1. The summed E-state index contributed by atoms with van der Waals surface area (Å²) in [7, 11) is 1.64. The van der Waals surface area contributed by atoms with Gasteiger partial charge in [0.2, 0.25) is 11.7 Å². The number of benzene rings is 2. The number of methoxy groups -OCH3 is 1. The molecule has 1 fully saturated rings. The Morgan fingerprint density at radius 1 is 1.09 bits per heavy atom. The minimum absolute atomic E-state index is 0.000955. The van der Waals surface area contributed by atoms with Gasteiger partial charge < -0.3 is 19.1 Å². The number of piperidine rings is 1. The van der Waals surface area contributed by atoms with Crippen LogP contribution in [0.5, 0.6) is 5.75 Å². The van der Waals surface area contributed by atoms with Gasteiger partial charge in [-0.25, -0.2) is 0 Å². The largest absolute Gasteiger partial charge is 0.497 e.